The molecule has 1 aromatic heterocycles. The van der Waals surface area contributed by atoms with Crippen LogP contribution >= 0.6 is 24.0 Å². The molecule has 1 heterocycles. The third-order valence-electron chi connectivity index (χ3n) is 1.25. The van der Waals surface area contributed by atoms with Crippen LogP contribution in [-0.2, 0) is 0 Å². The predicted molar refractivity (Wildman–Crippen MR) is 47.8 cm³/mol. The molecule has 1 rings (SSSR count). The van der Waals surface area contributed by atoms with Crippen molar-refractivity contribution in [1.82, 2.24) is 4.98 Å². The number of nitrogens with zero attached hydrogens (tertiary/aromatic N) is 1. The van der Waals surface area contributed by atoms with E-state index in [0.29, 0.717) is 10.8 Å². The van der Waals surface area contributed by atoms with Crippen LogP contribution in [0.1, 0.15) is 5.69 Å². The third-order valence-corrected chi connectivity index (χ3v) is 1.71. The summed E-state index contributed by atoms with van der Waals surface area (Å²) < 4.78 is 4.95. The fourth-order valence-electron chi connectivity index (χ4n) is 0.683. The molecule has 0 amide bonds. The maximum Gasteiger partial charge on any atom is 0.140 e. The van der Waals surface area contributed by atoms with E-state index in [1.165, 1.54) is 0 Å². The summed E-state index contributed by atoms with van der Waals surface area (Å²) in [6.07, 6.45) is 1.67. The second kappa shape index (κ2) is 4.42. The molecule has 0 aliphatic heterocycles. The van der Waals surface area contributed by atoms with Crippen molar-refractivity contribution in [1.29, 1.82) is 0 Å². The summed E-state index contributed by atoms with van der Waals surface area (Å²) in [7, 11) is 1.58. The number of hydrogen-bond donors (Lipinski definition) is 0. The van der Waals surface area contributed by atoms with Crippen molar-refractivity contribution in [3.05, 3.63) is 23.0 Å². The summed E-state index contributed by atoms with van der Waals surface area (Å²) in [4.78, 5) is 3.98. The van der Waals surface area contributed by atoms with E-state index in [-0.39, 0.29) is 12.4 Å². The molecule has 0 radical (unpaired) electrons. The van der Waals surface area contributed by atoms with Crippen LogP contribution in [0.15, 0.2) is 12.3 Å². The maximum atomic E-state index is 5.81. The number of methoxy groups -OCH3 is 1. The normalized spacial score (nSPS) is 8.64. The molecule has 1 aromatic rings. The van der Waals surface area contributed by atoms with Crippen LogP contribution in [-0.4, -0.2) is 12.1 Å². The molecular weight excluding hydrogens is 185 g/mol. The zero-order valence-corrected chi connectivity index (χ0v) is 7.87. The molecule has 0 aliphatic carbocycles. The van der Waals surface area contributed by atoms with E-state index in [1.54, 1.807) is 19.4 Å². The molecule has 0 fully saturated rings. The van der Waals surface area contributed by atoms with E-state index in [4.69, 9.17) is 16.3 Å². The number of hydrogen-bond acceptors (Lipinski definition) is 2. The van der Waals surface area contributed by atoms with E-state index in [9.17, 15) is 0 Å². The smallest absolute Gasteiger partial charge is 0.140 e. The summed E-state index contributed by atoms with van der Waals surface area (Å²) in [5.41, 5.74) is 0.793. The second-order valence-electron chi connectivity index (χ2n) is 1.91. The van der Waals surface area contributed by atoms with Crippen molar-refractivity contribution in [3.63, 3.8) is 0 Å². The second-order valence-corrected chi connectivity index (χ2v) is 2.29. The van der Waals surface area contributed by atoms with Gasteiger partial charge >= 0.3 is 0 Å². The molecule has 4 heteroatoms. The summed E-state index contributed by atoms with van der Waals surface area (Å²) in [5.74, 6) is 0.675. The Hall–Kier alpha value is -0.470. The van der Waals surface area contributed by atoms with E-state index >= 15 is 0 Å². The number of halogens is 2. The van der Waals surface area contributed by atoms with Gasteiger partial charge in [0.05, 0.1) is 12.8 Å². The SMILES string of the molecule is COc1ccnc(C)c1Cl.Cl. The summed E-state index contributed by atoms with van der Waals surface area (Å²) >= 11 is 5.81. The van der Waals surface area contributed by atoms with Crippen molar-refractivity contribution < 1.29 is 4.74 Å². The molecule has 0 N–H and O–H groups in total. The highest BCUT2D eigenvalue weighted by molar-refractivity contribution is 6.32. The Morgan fingerprint density at radius 3 is 2.64 bits per heavy atom. The topological polar surface area (TPSA) is 22.1 Å². The molecule has 62 valence electrons. The van der Waals surface area contributed by atoms with E-state index in [2.05, 4.69) is 4.98 Å². The van der Waals surface area contributed by atoms with Crippen LogP contribution in [0.25, 0.3) is 0 Å². The fourth-order valence-corrected chi connectivity index (χ4v) is 0.871. The van der Waals surface area contributed by atoms with Crippen LogP contribution in [0.5, 0.6) is 5.75 Å². The van der Waals surface area contributed by atoms with Gasteiger partial charge in [0.1, 0.15) is 10.8 Å². The van der Waals surface area contributed by atoms with Crippen LogP contribution in [0.2, 0.25) is 5.02 Å². The molecule has 0 saturated carbocycles. The Labute approximate surface area is 77.0 Å². The van der Waals surface area contributed by atoms with Crippen LogP contribution in [0.3, 0.4) is 0 Å². The van der Waals surface area contributed by atoms with Crippen LogP contribution < -0.4 is 4.74 Å². The lowest BCUT2D eigenvalue weighted by atomic mass is 10.3. The molecule has 0 atom stereocenters. The molecule has 11 heavy (non-hydrogen) atoms. The number of aromatic nitrogens is 1. The van der Waals surface area contributed by atoms with Gasteiger partial charge in [-0.3, -0.25) is 4.98 Å². The van der Waals surface area contributed by atoms with Gasteiger partial charge in [-0.05, 0) is 6.92 Å². The van der Waals surface area contributed by atoms with Crippen LogP contribution in [0.4, 0.5) is 0 Å². The first-order valence-corrected chi connectivity index (χ1v) is 3.28. The zero-order valence-electron chi connectivity index (χ0n) is 6.30. The van der Waals surface area contributed by atoms with Gasteiger partial charge in [-0.1, -0.05) is 11.6 Å². The zero-order chi connectivity index (χ0) is 7.56. The van der Waals surface area contributed by atoms with Gasteiger partial charge in [-0.15, -0.1) is 12.4 Å². The average Bonchev–Trinajstić information content (AvgIpc) is 1.95. The molecule has 0 bridgehead atoms. The number of ether oxygens (including phenoxy) is 1. The first-order chi connectivity index (χ1) is 4.75. The summed E-state index contributed by atoms with van der Waals surface area (Å²) in [6, 6.07) is 1.73. The Morgan fingerprint density at radius 2 is 2.18 bits per heavy atom. The lowest BCUT2D eigenvalue weighted by Crippen LogP contribution is -1.87. The monoisotopic (exact) mass is 193 g/mol. The third kappa shape index (κ3) is 2.24. The molecule has 0 aromatic carbocycles. The quantitative estimate of drug-likeness (QED) is 0.685. The van der Waals surface area contributed by atoms with E-state index in [0.717, 1.165) is 5.69 Å². The molecule has 0 aliphatic rings. The maximum absolute atomic E-state index is 5.81. The highest BCUT2D eigenvalue weighted by Crippen LogP contribution is 2.24. The van der Waals surface area contributed by atoms with Gasteiger partial charge in [0.25, 0.3) is 0 Å². The molecule has 0 spiro atoms. The van der Waals surface area contributed by atoms with Crippen molar-refractivity contribution >= 4 is 24.0 Å². The van der Waals surface area contributed by atoms with Crippen molar-refractivity contribution in [3.8, 4) is 5.75 Å². The van der Waals surface area contributed by atoms with Gasteiger partial charge < -0.3 is 4.74 Å². The lowest BCUT2D eigenvalue weighted by Gasteiger charge is -2.02. The molecular formula is C7H9Cl2NO. The Morgan fingerprint density at radius 1 is 1.55 bits per heavy atom. The van der Waals surface area contributed by atoms with Crippen LogP contribution in [0, 0.1) is 6.92 Å². The predicted octanol–water partition coefficient (Wildman–Crippen LogP) is 2.47. The highest BCUT2D eigenvalue weighted by Gasteiger charge is 2.01. The molecule has 2 nitrogen and oxygen atoms in total. The van der Waals surface area contributed by atoms with Crippen molar-refractivity contribution in [2.45, 2.75) is 6.92 Å². The van der Waals surface area contributed by atoms with E-state index in [1.807, 2.05) is 6.92 Å². The molecule has 0 saturated heterocycles. The van der Waals surface area contributed by atoms with Crippen molar-refractivity contribution in [2.24, 2.45) is 0 Å². The molecule has 0 unspecified atom stereocenters. The van der Waals surface area contributed by atoms with Gasteiger partial charge in [0.2, 0.25) is 0 Å². The number of pyridine rings is 1. The van der Waals surface area contributed by atoms with Gasteiger partial charge in [0, 0.05) is 12.3 Å². The Bertz CT molecular complexity index is 240. The summed E-state index contributed by atoms with van der Waals surface area (Å²) in [5, 5.41) is 0.588. The highest BCUT2D eigenvalue weighted by atomic mass is 35.5. The van der Waals surface area contributed by atoms with E-state index < -0.39 is 0 Å². The minimum Gasteiger partial charge on any atom is -0.495 e. The number of rotatable bonds is 1. The largest absolute Gasteiger partial charge is 0.495 e. The first-order valence-electron chi connectivity index (χ1n) is 2.91. The summed E-state index contributed by atoms with van der Waals surface area (Å²) in [6.45, 7) is 1.84. The minimum absolute atomic E-state index is 0. The van der Waals surface area contributed by atoms with Gasteiger partial charge in [0.15, 0.2) is 0 Å². The van der Waals surface area contributed by atoms with Gasteiger partial charge in [-0.25, -0.2) is 0 Å². The van der Waals surface area contributed by atoms with Crippen molar-refractivity contribution in [2.75, 3.05) is 7.11 Å². The fraction of sp³-hybridized carbons (Fsp3) is 0.286. The lowest BCUT2D eigenvalue weighted by molar-refractivity contribution is 0.414. The Balaban J connectivity index is 0.000001000. The number of aryl methyl sites for hydroxylation is 1. The minimum atomic E-state index is 0. The Kier molecular flexibility index (Phi) is 4.23. The van der Waals surface area contributed by atoms with Gasteiger partial charge in [-0.2, -0.15) is 0 Å². The average molecular weight is 194 g/mol. The standard InChI is InChI=1S/C7H8ClNO.ClH/c1-5-7(8)6(10-2)3-4-9-5;/h3-4H,1-2H3;1H. The first kappa shape index (κ1) is 10.5.